The normalized spacial score (nSPS) is 12.0. The molecular formula is C38H22O2. The second kappa shape index (κ2) is 8.08. The van der Waals surface area contributed by atoms with Gasteiger partial charge in [0.15, 0.2) is 0 Å². The Labute approximate surface area is 229 Å². The van der Waals surface area contributed by atoms with Crippen molar-refractivity contribution in [2.45, 2.75) is 0 Å². The summed E-state index contributed by atoms with van der Waals surface area (Å²) < 4.78 is 13.0. The molecule has 2 aromatic heterocycles. The van der Waals surface area contributed by atoms with E-state index in [2.05, 4.69) is 121 Å². The molecule has 2 heterocycles. The predicted octanol–water partition coefficient (Wildman–Crippen LogP) is 11.1. The minimum absolute atomic E-state index is 0.827. The Balaban J connectivity index is 1.40. The van der Waals surface area contributed by atoms with E-state index in [0.29, 0.717) is 0 Å². The Hall–Kier alpha value is -5.34. The summed E-state index contributed by atoms with van der Waals surface area (Å²) in [5.74, 6) is 0.847. The van der Waals surface area contributed by atoms with Gasteiger partial charge in [0.25, 0.3) is 0 Å². The summed E-state index contributed by atoms with van der Waals surface area (Å²) in [5.41, 5.74) is 6.19. The average Bonchev–Trinajstić information content (AvgIpc) is 3.61. The smallest absolute Gasteiger partial charge is 0.146 e. The molecule has 0 aliphatic rings. The van der Waals surface area contributed by atoms with Crippen LogP contribution in [-0.2, 0) is 0 Å². The van der Waals surface area contributed by atoms with Crippen molar-refractivity contribution in [3.63, 3.8) is 0 Å². The maximum Gasteiger partial charge on any atom is 0.146 e. The quantitative estimate of drug-likeness (QED) is 0.216. The molecule has 0 aliphatic heterocycles. The Bertz CT molecular complexity index is 2370. The average molecular weight is 511 g/mol. The highest BCUT2D eigenvalue weighted by molar-refractivity contribution is 6.24. The van der Waals surface area contributed by atoms with Gasteiger partial charge in [0, 0.05) is 16.3 Å². The SMILES string of the molecule is c1ccc2c(-c3c4ccccc4c(-c4cc5c(ccc6c7ccccc7oc56)o4)c4ccccc34)cccc2c1. The third kappa shape index (κ3) is 2.93. The van der Waals surface area contributed by atoms with Gasteiger partial charge in [-0.3, -0.25) is 0 Å². The van der Waals surface area contributed by atoms with Crippen LogP contribution in [0.1, 0.15) is 0 Å². The maximum atomic E-state index is 6.63. The molecule has 2 heteroatoms. The number of hydrogen-bond acceptors (Lipinski definition) is 2. The second-order valence-electron chi connectivity index (χ2n) is 10.4. The second-order valence-corrected chi connectivity index (χ2v) is 10.4. The molecule has 0 aliphatic carbocycles. The Morgan fingerprint density at radius 3 is 1.68 bits per heavy atom. The summed E-state index contributed by atoms with van der Waals surface area (Å²) in [6, 6.07) is 47.2. The van der Waals surface area contributed by atoms with Crippen LogP contribution in [0.3, 0.4) is 0 Å². The van der Waals surface area contributed by atoms with Crippen molar-refractivity contribution < 1.29 is 8.83 Å². The van der Waals surface area contributed by atoms with Gasteiger partial charge in [-0.15, -0.1) is 0 Å². The van der Waals surface area contributed by atoms with Gasteiger partial charge in [-0.25, -0.2) is 0 Å². The molecule has 7 aromatic carbocycles. The molecule has 9 aromatic rings. The van der Waals surface area contributed by atoms with Crippen molar-refractivity contribution in [2.24, 2.45) is 0 Å². The monoisotopic (exact) mass is 510 g/mol. The van der Waals surface area contributed by atoms with Crippen molar-refractivity contribution in [2.75, 3.05) is 0 Å². The fourth-order valence-electron chi connectivity index (χ4n) is 6.55. The van der Waals surface area contributed by atoms with Crippen LogP contribution >= 0.6 is 0 Å². The van der Waals surface area contributed by atoms with E-state index < -0.39 is 0 Å². The van der Waals surface area contributed by atoms with E-state index in [1.165, 1.54) is 43.4 Å². The fraction of sp³-hybridized carbons (Fsp3) is 0. The van der Waals surface area contributed by atoms with Gasteiger partial charge in [0.2, 0.25) is 0 Å². The van der Waals surface area contributed by atoms with E-state index in [9.17, 15) is 0 Å². The first-order chi connectivity index (χ1) is 19.8. The Morgan fingerprint density at radius 1 is 0.350 bits per heavy atom. The zero-order valence-electron chi connectivity index (χ0n) is 21.5. The molecule has 0 spiro atoms. The molecule has 0 N–H and O–H groups in total. The fourth-order valence-corrected chi connectivity index (χ4v) is 6.55. The van der Waals surface area contributed by atoms with Gasteiger partial charge in [0.05, 0.1) is 5.39 Å². The van der Waals surface area contributed by atoms with Crippen molar-refractivity contribution >= 4 is 65.2 Å². The number of para-hydroxylation sites is 1. The molecule has 0 atom stereocenters. The largest absolute Gasteiger partial charge is 0.456 e. The van der Waals surface area contributed by atoms with Crippen molar-refractivity contribution in [3.8, 4) is 22.5 Å². The highest BCUT2D eigenvalue weighted by atomic mass is 16.3. The topological polar surface area (TPSA) is 26.3 Å². The van der Waals surface area contributed by atoms with Gasteiger partial charge >= 0.3 is 0 Å². The van der Waals surface area contributed by atoms with Crippen molar-refractivity contribution in [1.29, 1.82) is 0 Å². The number of fused-ring (bicyclic) bond motifs is 8. The molecule has 0 amide bonds. The molecule has 9 rings (SSSR count). The Morgan fingerprint density at radius 2 is 0.925 bits per heavy atom. The van der Waals surface area contributed by atoms with E-state index in [4.69, 9.17) is 8.83 Å². The van der Waals surface area contributed by atoms with Crippen LogP contribution in [0.4, 0.5) is 0 Å². The molecule has 2 nitrogen and oxygen atoms in total. The lowest BCUT2D eigenvalue weighted by molar-refractivity contribution is 0.632. The van der Waals surface area contributed by atoms with Crippen LogP contribution in [0, 0.1) is 0 Å². The molecule has 0 saturated heterocycles. The van der Waals surface area contributed by atoms with Gasteiger partial charge in [-0.2, -0.15) is 0 Å². The van der Waals surface area contributed by atoms with Crippen molar-refractivity contribution in [3.05, 3.63) is 133 Å². The third-order valence-electron chi connectivity index (χ3n) is 8.28. The summed E-state index contributed by atoms with van der Waals surface area (Å²) in [7, 11) is 0. The lowest BCUT2D eigenvalue weighted by atomic mass is 9.86. The summed E-state index contributed by atoms with van der Waals surface area (Å²) in [6.45, 7) is 0. The first kappa shape index (κ1) is 21.6. The number of furan rings is 2. The lowest BCUT2D eigenvalue weighted by Gasteiger charge is -2.17. The minimum atomic E-state index is 0.827. The van der Waals surface area contributed by atoms with Crippen LogP contribution in [0.25, 0.3) is 87.7 Å². The molecular weight excluding hydrogens is 488 g/mol. The number of benzene rings is 7. The van der Waals surface area contributed by atoms with Gasteiger partial charge in [-0.1, -0.05) is 109 Å². The molecule has 0 saturated carbocycles. The minimum Gasteiger partial charge on any atom is -0.456 e. The van der Waals surface area contributed by atoms with E-state index in [1.807, 2.05) is 12.1 Å². The summed E-state index contributed by atoms with van der Waals surface area (Å²) in [4.78, 5) is 0. The van der Waals surface area contributed by atoms with Gasteiger partial charge < -0.3 is 8.83 Å². The van der Waals surface area contributed by atoms with Crippen LogP contribution < -0.4 is 0 Å². The summed E-state index contributed by atoms with van der Waals surface area (Å²) >= 11 is 0. The van der Waals surface area contributed by atoms with E-state index in [1.54, 1.807) is 0 Å². The number of hydrogen-bond donors (Lipinski definition) is 0. The zero-order chi connectivity index (χ0) is 26.2. The summed E-state index contributed by atoms with van der Waals surface area (Å²) in [5, 5.41) is 10.5. The predicted molar refractivity (Wildman–Crippen MR) is 167 cm³/mol. The molecule has 0 unspecified atom stereocenters. The molecule has 186 valence electrons. The molecule has 40 heavy (non-hydrogen) atoms. The third-order valence-corrected chi connectivity index (χ3v) is 8.28. The van der Waals surface area contributed by atoms with Crippen LogP contribution in [0.15, 0.2) is 142 Å². The summed E-state index contributed by atoms with van der Waals surface area (Å²) in [6.07, 6.45) is 0. The van der Waals surface area contributed by atoms with Crippen molar-refractivity contribution in [1.82, 2.24) is 0 Å². The highest BCUT2D eigenvalue weighted by Crippen LogP contribution is 2.47. The first-order valence-corrected chi connectivity index (χ1v) is 13.6. The van der Waals surface area contributed by atoms with E-state index in [-0.39, 0.29) is 0 Å². The van der Waals surface area contributed by atoms with Gasteiger partial charge in [-0.05, 0) is 67.7 Å². The molecule has 0 bridgehead atoms. The lowest BCUT2D eigenvalue weighted by Crippen LogP contribution is -1.90. The van der Waals surface area contributed by atoms with Crippen LogP contribution in [0.5, 0.6) is 0 Å². The van der Waals surface area contributed by atoms with E-state index in [0.717, 1.165) is 44.2 Å². The zero-order valence-corrected chi connectivity index (χ0v) is 21.5. The maximum absolute atomic E-state index is 6.63. The van der Waals surface area contributed by atoms with Crippen LogP contribution in [0.2, 0.25) is 0 Å². The van der Waals surface area contributed by atoms with Crippen LogP contribution in [-0.4, -0.2) is 0 Å². The number of rotatable bonds is 2. The standard InChI is InChI=1S/C38H22O2/c1-2-12-24-23(10-1)11-9-18-26(24)36-27-14-3-5-16-29(27)37(30-17-6-4-15-28(30)36)35-22-32-34(39-35)21-20-31-25-13-7-8-19-33(25)40-38(31)32/h1-22H. The molecule has 0 radical (unpaired) electrons. The first-order valence-electron chi connectivity index (χ1n) is 13.6. The van der Waals surface area contributed by atoms with Gasteiger partial charge in [0.1, 0.15) is 22.5 Å². The molecule has 0 fully saturated rings. The highest BCUT2D eigenvalue weighted by Gasteiger charge is 2.21. The Kier molecular flexibility index (Phi) is 4.36. The van der Waals surface area contributed by atoms with E-state index >= 15 is 0 Å².